The van der Waals surface area contributed by atoms with Gasteiger partial charge in [0.25, 0.3) is 5.89 Å². The Kier molecular flexibility index (Phi) is 2.98. The lowest BCUT2D eigenvalue weighted by molar-refractivity contribution is 0.174. The molecule has 1 aromatic carbocycles. The predicted molar refractivity (Wildman–Crippen MR) is 67.3 cm³/mol. The van der Waals surface area contributed by atoms with Gasteiger partial charge in [-0.2, -0.15) is 4.98 Å². The Balaban J connectivity index is 1.91. The molecular weight excluding hydrogens is 230 g/mol. The van der Waals surface area contributed by atoms with E-state index in [1.54, 1.807) is 7.11 Å². The highest BCUT2D eigenvalue weighted by atomic mass is 16.5. The van der Waals surface area contributed by atoms with Crippen LogP contribution in [-0.2, 0) is 17.8 Å². The van der Waals surface area contributed by atoms with Crippen LogP contribution < -0.4 is 5.32 Å². The quantitative estimate of drug-likeness (QED) is 0.898. The molecule has 0 aliphatic carbocycles. The minimum Gasteiger partial charge on any atom is -0.385 e. The summed E-state index contributed by atoms with van der Waals surface area (Å²) in [6, 6.07) is 6.19. The van der Waals surface area contributed by atoms with E-state index in [1.807, 2.05) is 6.07 Å². The third-order valence-electron chi connectivity index (χ3n) is 3.03. The maximum atomic E-state index is 5.23. The van der Waals surface area contributed by atoms with Crippen molar-refractivity contribution in [3.05, 3.63) is 29.6 Å². The first-order valence-electron chi connectivity index (χ1n) is 6.05. The van der Waals surface area contributed by atoms with Crippen molar-refractivity contribution in [1.82, 2.24) is 10.1 Å². The summed E-state index contributed by atoms with van der Waals surface area (Å²) in [6.07, 6.45) is 2.25. The largest absolute Gasteiger partial charge is 0.385 e. The first-order chi connectivity index (χ1) is 8.86. The second-order valence-corrected chi connectivity index (χ2v) is 4.35. The molecule has 0 saturated carbocycles. The van der Waals surface area contributed by atoms with Crippen molar-refractivity contribution in [2.24, 2.45) is 0 Å². The van der Waals surface area contributed by atoms with Crippen LogP contribution in [-0.4, -0.2) is 23.8 Å². The van der Waals surface area contributed by atoms with E-state index in [-0.39, 0.29) is 0 Å². The summed E-state index contributed by atoms with van der Waals surface area (Å²) in [6.45, 7) is 1.42. The van der Waals surface area contributed by atoms with Gasteiger partial charge in [0, 0.05) is 24.9 Å². The number of methoxy groups -OCH3 is 1. The minimum atomic E-state index is 0.371. The molecule has 3 rings (SSSR count). The molecule has 0 spiro atoms. The van der Waals surface area contributed by atoms with Gasteiger partial charge >= 0.3 is 0 Å². The maximum absolute atomic E-state index is 5.23. The summed E-state index contributed by atoms with van der Waals surface area (Å²) in [5.74, 6) is 1.12. The van der Waals surface area contributed by atoms with Crippen LogP contribution in [0, 0.1) is 0 Å². The van der Waals surface area contributed by atoms with Crippen LogP contribution in [0.4, 0.5) is 5.69 Å². The van der Waals surface area contributed by atoms with E-state index >= 15 is 0 Å². The highest BCUT2D eigenvalue weighted by Crippen LogP contribution is 2.27. The van der Waals surface area contributed by atoms with Gasteiger partial charge in [0.1, 0.15) is 6.61 Å². The van der Waals surface area contributed by atoms with Crippen molar-refractivity contribution in [2.45, 2.75) is 19.4 Å². The van der Waals surface area contributed by atoms with Crippen molar-refractivity contribution in [3.63, 3.8) is 0 Å². The number of hydrogen-bond acceptors (Lipinski definition) is 5. The molecule has 18 heavy (non-hydrogen) atoms. The minimum absolute atomic E-state index is 0.371. The van der Waals surface area contributed by atoms with E-state index in [4.69, 9.17) is 9.26 Å². The van der Waals surface area contributed by atoms with Crippen LogP contribution in [0.5, 0.6) is 0 Å². The molecule has 0 unspecified atom stereocenters. The zero-order valence-electron chi connectivity index (χ0n) is 10.3. The fourth-order valence-corrected chi connectivity index (χ4v) is 2.17. The van der Waals surface area contributed by atoms with Crippen LogP contribution in [0.2, 0.25) is 0 Å². The summed E-state index contributed by atoms with van der Waals surface area (Å²) >= 11 is 0. The van der Waals surface area contributed by atoms with Gasteiger partial charge in [-0.25, -0.2) is 0 Å². The maximum Gasteiger partial charge on any atom is 0.258 e. The number of aromatic nitrogens is 2. The van der Waals surface area contributed by atoms with E-state index in [2.05, 4.69) is 27.6 Å². The van der Waals surface area contributed by atoms with Gasteiger partial charge in [0.05, 0.1) is 0 Å². The van der Waals surface area contributed by atoms with Crippen molar-refractivity contribution in [1.29, 1.82) is 0 Å². The fourth-order valence-electron chi connectivity index (χ4n) is 2.17. The van der Waals surface area contributed by atoms with Gasteiger partial charge in [0.2, 0.25) is 0 Å². The predicted octanol–water partition coefficient (Wildman–Crippen LogP) is 2.24. The Bertz CT molecular complexity index is 551. The molecule has 1 aromatic heterocycles. The molecule has 2 heterocycles. The lowest BCUT2D eigenvalue weighted by Crippen LogP contribution is -2.11. The van der Waals surface area contributed by atoms with Crippen LogP contribution in [0.25, 0.3) is 11.5 Å². The van der Waals surface area contributed by atoms with Crippen molar-refractivity contribution in [3.8, 4) is 11.5 Å². The van der Waals surface area contributed by atoms with E-state index in [0.717, 1.165) is 24.9 Å². The Morgan fingerprint density at radius 3 is 3.28 bits per heavy atom. The molecule has 0 fully saturated rings. The number of anilines is 1. The number of nitrogens with zero attached hydrogens (tertiary/aromatic N) is 2. The first kappa shape index (κ1) is 11.2. The normalized spacial score (nSPS) is 14.1. The van der Waals surface area contributed by atoms with Crippen LogP contribution in [0.15, 0.2) is 22.7 Å². The Morgan fingerprint density at radius 1 is 1.44 bits per heavy atom. The second kappa shape index (κ2) is 4.78. The first-order valence-corrected chi connectivity index (χ1v) is 6.05. The Hall–Kier alpha value is -1.88. The van der Waals surface area contributed by atoms with E-state index in [0.29, 0.717) is 18.3 Å². The van der Waals surface area contributed by atoms with Gasteiger partial charge in [0.15, 0.2) is 5.82 Å². The number of ether oxygens (including phenoxy) is 1. The molecule has 94 valence electrons. The van der Waals surface area contributed by atoms with Gasteiger partial charge in [-0.3, -0.25) is 0 Å². The van der Waals surface area contributed by atoms with Gasteiger partial charge < -0.3 is 14.6 Å². The number of benzene rings is 1. The fraction of sp³-hybridized carbons (Fsp3) is 0.385. The monoisotopic (exact) mass is 245 g/mol. The van der Waals surface area contributed by atoms with Gasteiger partial charge in [-0.05, 0) is 36.6 Å². The molecule has 1 aliphatic heterocycles. The highest BCUT2D eigenvalue weighted by molar-refractivity contribution is 5.63. The molecular formula is C13H15N3O2. The van der Waals surface area contributed by atoms with Gasteiger partial charge in [-0.15, -0.1) is 0 Å². The molecule has 0 saturated heterocycles. The molecule has 0 atom stereocenters. The number of nitrogens with one attached hydrogen (secondary N) is 1. The lowest BCUT2D eigenvalue weighted by atomic mass is 10.0. The Labute approximate surface area is 105 Å². The molecule has 2 aromatic rings. The number of aryl methyl sites for hydroxylation is 1. The summed E-state index contributed by atoms with van der Waals surface area (Å²) in [7, 11) is 1.61. The molecule has 0 radical (unpaired) electrons. The number of rotatable bonds is 3. The van der Waals surface area contributed by atoms with Crippen LogP contribution in [0.1, 0.15) is 17.8 Å². The lowest BCUT2D eigenvalue weighted by Gasteiger charge is -2.17. The SMILES string of the molecule is COCc1noc(-c2ccc3c(c2)CCCN3)n1. The van der Waals surface area contributed by atoms with Crippen LogP contribution in [0.3, 0.4) is 0 Å². The standard InChI is InChI=1S/C13H15N3O2/c1-17-8-12-15-13(18-16-12)10-4-5-11-9(7-10)3-2-6-14-11/h4-5,7,14H,2-3,6,8H2,1H3. The average Bonchev–Trinajstić information content (AvgIpc) is 2.87. The molecule has 0 bridgehead atoms. The average molecular weight is 245 g/mol. The topological polar surface area (TPSA) is 60.2 Å². The summed E-state index contributed by atoms with van der Waals surface area (Å²) in [5, 5.41) is 7.25. The highest BCUT2D eigenvalue weighted by Gasteiger charge is 2.13. The van der Waals surface area contributed by atoms with Crippen LogP contribution >= 0.6 is 0 Å². The molecule has 1 aliphatic rings. The van der Waals surface area contributed by atoms with E-state index in [1.165, 1.54) is 11.3 Å². The summed E-state index contributed by atoms with van der Waals surface area (Å²) in [5.41, 5.74) is 3.49. The number of hydrogen-bond donors (Lipinski definition) is 1. The summed E-state index contributed by atoms with van der Waals surface area (Å²) < 4.78 is 10.2. The van der Waals surface area contributed by atoms with Gasteiger partial charge in [-0.1, -0.05) is 5.16 Å². The molecule has 5 heteroatoms. The smallest absolute Gasteiger partial charge is 0.258 e. The van der Waals surface area contributed by atoms with Crippen molar-refractivity contribution in [2.75, 3.05) is 19.0 Å². The molecule has 1 N–H and O–H groups in total. The van der Waals surface area contributed by atoms with Crippen molar-refractivity contribution >= 4 is 5.69 Å². The van der Waals surface area contributed by atoms with E-state index in [9.17, 15) is 0 Å². The summed E-state index contributed by atoms with van der Waals surface area (Å²) in [4.78, 5) is 4.30. The zero-order chi connectivity index (χ0) is 12.4. The van der Waals surface area contributed by atoms with E-state index < -0.39 is 0 Å². The molecule has 5 nitrogen and oxygen atoms in total. The third-order valence-corrected chi connectivity index (χ3v) is 3.03. The Morgan fingerprint density at radius 2 is 2.39 bits per heavy atom. The molecule has 0 amide bonds. The second-order valence-electron chi connectivity index (χ2n) is 4.35. The third kappa shape index (κ3) is 2.09. The number of fused-ring (bicyclic) bond motifs is 1. The van der Waals surface area contributed by atoms with Crippen molar-refractivity contribution < 1.29 is 9.26 Å². The zero-order valence-corrected chi connectivity index (χ0v) is 10.3.